The highest BCUT2D eigenvalue weighted by Crippen LogP contribution is 2.35. The van der Waals surface area contributed by atoms with Gasteiger partial charge in [0.25, 0.3) is 5.69 Å². The van der Waals surface area contributed by atoms with Crippen molar-refractivity contribution in [2.24, 2.45) is 5.11 Å². The summed E-state index contributed by atoms with van der Waals surface area (Å²) in [7, 11) is 1.29. The average molecular weight is 268 g/mol. The van der Waals surface area contributed by atoms with Gasteiger partial charge in [0, 0.05) is 11.0 Å². The highest BCUT2D eigenvalue weighted by atomic mass is 16.6. The minimum absolute atomic E-state index is 0.0710. The van der Waals surface area contributed by atoms with Crippen molar-refractivity contribution in [2.75, 3.05) is 13.7 Å². The van der Waals surface area contributed by atoms with Crippen LogP contribution in [0.1, 0.15) is 11.7 Å². The van der Waals surface area contributed by atoms with Crippen LogP contribution in [-0.4, -0.2) is 34.9 Å². The maximum atomic E-state index is 10.9. The molecule has 0 radical (unpaired) electrons. The van der Waals surface area contributed by atoms with E-state index in [4.69, 9.17) is 10.3 Å². The molecule has 2 unspecified atom stereocenters. The molecule has 102 valence electrons. The van der Waals surface area contributed by atoms with Gasteiger partial charge in [-0.3, -0.25) is 10.1 Å². The number of aliphatic hydroxyl groups excluding tert-OH is 2. The number of nitro benzene ring substituents is 1. The first-order valence-corrected chi connectivity index (χ1v) is 5.21. The van der Waals surface area contributed by atoms with Crippen molar-refractivity contribution in [3.63, 3.8) is 0 Å². The van der Waals surface area contributed by atoms with E-state index in [1.807, 2.05) is 0 Å². The maximum absolute atomic E-state index is 10.9. The number of aliphatic hydroxyl groups is 2. The van der Waals surface area contributed by atoms with Crippen LogP contribution >= 0.6 is 0 Å². The van der Waals surface area contributed by atoms with E-state index in [1.54, 1.807) is 0 Å². The van der Waals surface area contributed by atoms with Crippen LogP contribution in [0.3, 0.4) is 0 Å². The predicted molar refractivity (Wildman–Crippen MR) is 64.6 cm³/mol. The van der Waals surface area contributed by atoms with E-state index in [0.717, 1.165) is 0 Å². The Morgan fingerprint density at radius 3 is 2.79 bits per heavy atom. The molecule has 1 aromatic carbocycles. The lowest BCUT2D eigenvalue weighted by atomic mass is 10.0. The zero-order chi connectivity index (χ0) is 14.4. The number of nitro groups is 1. The number of benzene rings is 1. The molecule has 2 N–H and O–H groups in total. The van der Waals surface area contributed by atoms with E-state index in [0.29, 0.717) is 0 Å². The van der Waals surface area contributed by atoms with Crippen LogP contribution in [0.5, 0.6) is 5.75 Å². The summed E-state index contributed by atoms with van der Waals surface area (Å²) in [4.78, 5) is 12.7. The molecule has 0 aliphatic rings. The summed E-state index contributed by atoms with van der Waals surface area (Å²) < 4.78 is 4.93. The van der Waals surface area contributed by atoms with E-state index >= 15 is 0 Å². The molecule has 2 atom stereocenters. The minimum atomic E-state index is -1.60. The second-order valence-electron chi connectivity index (χ2n) is 3.58. The molecule has 0 fully saturated rings. The monoisotopic (exact) mass is 268 g/mol. The van der Waals surface area contributed by atoms with Crippen LogP contribution in [0.25, 0.3) is 10.4 Å². The van der Waals surface area contributed by atoms with Crippen LogP contribution < -0.4 is 4.74 Å². The van der Waals surface area contributed by atoms with Crippen LogP contribution in [0.15, 0.2) is 23.3 Å². The van der Waals surface area contributed by atoms with E-state index < -0.39 is 23.7 Å². The maximum Gasteiger partial charge on any atom is 0.279 e. The summed E-state index contributed by atoms with van der Waals surface area (Å²) in [5.74, 6) is 0.0710. The van der Waals surface area contributed by atoms with Gasteiger partial charge in [-0.15, -0.1) is 0 Å². The fourth-order valence-electron chi connectivity index (χ4n) is 1.58. The van der Waals surface area contributed by atoms with E-state index in [1.165, 1.54) is 25.3 Å². The lowest BCUT2D eigenvalue weighted by molar-refractivity contribution is -0.386. The Balaban J connectivity index is 3.22. The van der Waals surface area contributed by atoms with Crippen molar-refractivity contribution in [3.8, 4) is 5.75 Å². The van der Waals surface area contributed by atoms with Gasteiger partial charge < -0.3 is 14.9 Å². The molecule has 0 amide bonds. The molecular formula is C10H12N4O5. The third-order valence-electron chi connectivity index (χ3n) is 2.45. The van der Waals surface area contributed by atoms with E-state index in [-0.39, 0.29) is 17.0 Å². The number of hydrogen-bond donors (Lipinski definition) is 2. The van der Waals surface area contributed by atoms with Crippen LogP contribution in [0.4, 0.5) is 5.69 Å². The van der Waals surface area contributed by atoms with Gasteiger partial charge in [0.1, 0.15) is 17.4 Å². The molecule has 9 heteroatoms. The molecule has 19 heavy (non-hydrogen) atoms. The van der Waals surface area contributed by atoms with Crippen molar-refractivity contribution >= 4 is 5.69 Å². The molecule has 0 bridgehead atoms. The van der Waals surface area contributed by atoms with Gasteiger partial charge in [0.05, 0.1) is 24.7 Å². The van der Waals surface area contributed by atoms with Crippen molar-refractivity contribution < 1.29 is 19.9 Å². The lowest BCUT2D eigenvalue weighted by Crippen LogP contribution is -2.22. The Bertz CT molecular complexity index is 515. The quantitative estimate of drug-likeness (QED) is 0.263. The molecule has 0 aromatic heterocycles. The Morgan fingerprint density at radius 1 is 1.58 bits per heavy atom. The molecule has 0 aliphatic carbocycles. The molecule has 0 heterocycles. The van der Waals surface area contributed by atoms with Gasteiger partial charge in [0.15, 0.2) is 0 Å². The van der Waals surface area contributed by atoms with Crippen molar-refractivity contribution in [2.45, 2.75) is 12.2 Å². The summed E-state index contributed by atoms with van der Waals surface area (Å²) in [5, 5.41) is 33.6. The summed E-state index contributed by atoms with van der Waals surface area (Å²) in [6.45, 7) is -0.410. The van der Waals surface area contributed by atoms with Gasteiger partial charge in [-0.25, -0.2) is 0 Å². The standard InChI is InChI=1S/C10H12N4O5/c1-19-8-4-2-3-6(14(17)18)9(8)10(16)7(15)5-12-13-11/h2-4,7,10,15-16H,5H2,1H3. The second kappa shape index (κ2) is 6.55. The number of azide groups is 1. The fraction of sp³-hybridized carbons (Fsp3) is 0.400. The van der Waals surface area contributed by atoms with Crippen molar-refractivity contribution in [1.29, 1.82) is 0 Å². The fourth-order valence-corrected chi connectivity index (χ4v) is 1.58. The summed E-state index contributed by atoms with van der Waals surface area (Å²) in [6, 6.07) is 4.00. The molecule has 0 saturated heterocycles. The lowest BCUT2D eigenvalue weighted by Gasteiger charge is -2.18. The van der Waals surface area contributed by atoms with Gasteiger partial charge in [-0.1, -0.05) is 11.2 Å². The van der Waals surface area contributed by atoms with Crippen LogP contribution in [-0.2, 0) is 0 Å². The first-order valence-electron chi connectivity index (χ1n) is 5.21. The largest absolute Gasteiger partial charge is 0.496 e. The Labute approximate surface area is 107 Å². The topological polar surface area (TPSA) is 142 Å². The summed E-state index contributed by atoms with van der Waals surface area (Å²) in [5.41, 5.74) is 7.60. The van der Waals surface area contributed by atoms with E-state index in [9.17, 15) is 20.3 Å². The van der Waals surface area contributed by atoms with Crippen molar-refractivity contribution in [3.05, 3.63) is 44.3 Å². The third kappa shape index (κ3) is 3.32. The number of methoxy groups -OCH3 is 1. The summed E-state index contributed by atoms with van der Waals surface area (Å²) >= 11 is 0. The molecular weight excluding hydrogens is 256 g/mol. The first-order chi connectivity index (χ1) is 9.02. The van der Waals surface area contributed by atoms with Crippen molar-refractivity contribution in [1.82, 2.24) is 0 Å². The van der Waals surface area contributed by atoms with Crippen LogP contribution in [0.2, 0.25) is 0 Å². The molecule has 1 aromatic rings. The van der Waals surface area contributed by atoms with Crippen LogP contribution in [0, 0.1) is 10.1 Å². The zero-order valence-corrected chi connectivity index (χ0v) is 10.0. The summed E-state index contributed by atoms with van der Waals surface area (Å²) in [6.07, 6.45) is -3.06. The zero-order valence-electron chi connectivity index (χ0n) is 10.0. The first kappa shape index (κ1) is 14.7. The number of hydrogen-bond acceptors (Lipinski definition) is 6. The molecule has 9 nitrogen and oxygen atoms in total. The smallest absolute Gasteiger partial charge is 0.279 e. The van der Waals surface area contributed by atoms with Gasteiger partial charge in [-0.2, -0.15) is 0 Å². The molecule has 1 rings (SSSR count). The number of rotatable bonds is 6. The number of ether oxygens (including phenoxy) is 1. The molecule has 0 saturated carbocycles. The normalized spacial score (nSPS) is 13.2. The average Bonchev–Trinajstić information content (AvgIpc) is 2.42. The Kier molecular flexibility index (Phi) is 5.07. The highest BCUT2D eigenvalue weighted by Gasteiger charge is 2.29. The molecule has 0 spiro atoms. The Hall–Kier alpha value is -2.35. The van der Waals surface area contributed by atoms with Gasteiger partial charge >= 0.3 is 0 Å². The number of nitrogens with zero attached hydrogens (tertiary/aromatic N) is 4. The SMILES string of the molecule is COc1cccc([N+](=O)[O-])c1C(O)C(O)CN=[N+]=[N-]. The predicted octanol–water partition coefficient (Wildman–Crippen LogP) is 1.31. The minimum Gasteiger partial charge on any atom is -0.496 e. The van der Waals surface area contributed by atoms with Gasteiger partial charge in [-0.05, 0) is 11.6 Å². The van der Waals surface area contributed by atoms with Gasteiger partial charge in [0.2, 0.25) is 0 Å². The second-order valence-corrected chi connectivity index (χ2v) is 3.58. The Morgan fingerprint density at radius 2 is 2.26 bits per heavy atom. The third-order valence-corrected chi connectivity index (χ3v) is 2.45. The highest BCUT2D eigenvalue weighted by molar-refractivity contribution is 5.51. The molecule has 0 aliphatic heterocycles. The van der Waals surface area contributed by atoms with E-state index in [2.05, 4.69) is 10.0 Å².